The fraction of sp³-hybridized carbons (Fsp3) is 0.308. The van der Waals surface area contributed by atoms with E-state index in [1.807, 2.05) is 0 Å². The normalized spacial score (nSPS) is 11.3. The highest BCUT2D eigenvalue weighted by molar-refractivity contribution is 6.01. The Balaban J connectivity index is 2.79. The molecule has 1 atom stereocenters. The molecule has 0 radical (unpaired) electrons. The number of nitrogens with one attached hydrogen (secondary N) is 2. The summed E-state index contributed by atoms with van der Waals surface area (Å²) in [5, 5.41) is 13.3. The van der Waals surface area contributed by atoms with Gasteiger partial charge in [-0.2, -0.15) is 0 Å². The fourth-order valence-electron chi connectivity index (χ4n) is 1.40. The zero-order valence-electron chi connectivity index (χ0n) is 11.2. The van der Waals surface area contributed by atoms with Gasteiger partial charge in [-0.3, -0.25) is 4.79 Å². The van der Waals surface area contributed by atoms with Gasteiger partial charge in [0.25, 0.3) is 0 Å². The number of esters is 1. The highest BCUT2D eigenvalue weighted by Gasteiger charge is 2.17. The molecule has 1 rings (SSSR count). The first kappa shape index (κ1) is 15.5. The number of benzene rings is 1. The molecule has 0 unspecified atom stereocenters. The van der Waals surface area contributed by atoms with Crippen molar-refractivity contribution in [1.82, 2.24) is 5.32 Å². The Kier molecular flexibility index (Phi) is 5.52. The number of para-hydroxylation sites is 1. The summed E-state index contributed by atoms with van der Waals surface area (Å²) in [5.41, 5.74) is 0.452. The summed E-state index contributed by atoms with van der Waals surface area (Å²) in [7, 11) is 0. The predicted octanol–water partition coefficient (Wildman–Crippen LogP) is 1.46. The number of carbonyl (C=O) groups is 3. The molecule has 0 aliphatic rings. The lowest BCUT2D eigenvalue weighted by Crippen LogP contribution is -2.41. The van der Waals surface area contributed by atoms with Gasteiger partial charge in [0.1, 0.15) is 6.04 Å². The number of urea groups is 1. The molecular formula is C13H16N2O5. The van der Waals surface area contributed by atoms with Gasteiger partial charge in [0, 0.05) is 0 Å². The highest BCUT2D eigenvalue weighted by atomic mass is 16.5. The van der Waals surface area contributed by atoms with Crippen molar-refractivity contribution in [2.45, 2.75) is 19.9 Å². The summed E-state index contributed by atoms with van der Waals surface area (Å²) in [6.07, 6.45) is 0. The van der Waals surface area contributed by atoms with E-state index in [2.05, 4.69) is 10.6 Å². The summed E-state index contributed by atoms with van der Waals surface area (Å²) in [4.78, 5) is 33.9. The minimum Gasteiger partial charge on any atom is -0.480 e. The molecule has 0 saturated carbocycles. The third-order valence-electron chi connectivity index (χ3n) is 2.39. The number of amides is 2. The Morgan fingerprint density at radius 1 is 1.30 bits per heavy atom. The van der Waals surface area contributed by atoms with Gasteiger partial charge in [0.2, 0.25) is 0 Å². The van der Waals surface area contributed by atoms with Crippen molar-refractivity contribution >= 4 is 23.7 Å². The zero-order chi connectivity index (χ0) is 15.1. The predicted molar refractivity (Wildman–Crippen MR) is 71.7 cm³/mol. The SMILES string of the molecule is CCOC(=O)c1ccccc1NC(=O)N[C@@H](C)C(=O)O. The van der Waals surface area contributed by atoms with E-state index in [0.29, 0.717) is 0 Å². The maximum atomic E-state index is 11.7. The average Bonchev–Trinajstić information content (AvgIpc) is 2.39. The standard InChI is InChI=1S/C13H16N2O5/c1-3-20-12(18)9-6-4-5-7-10(9)15-13(19)14-8(2)11(16)17/h4-8H,3H2,1-2H3,(H,16,17)(H2,14,15,19)/t8-/m0/s1. The summed E-state index contributed by atoms with van der Waals surface area (Å²) in [5.74, 6) is -1.71. The number of hydrogen-bond donors (Lipinski definition) is 3. The van der Waals surface area contributed by atoms with Gasteiger partial charge < -0.3 is 20.5 Å². The first-order chi connectivity index (χ1) is 9.45. The average molecular weight is 280 g/mol. The molecule has 0 aliphatic carbocycles. The number of carboxylic acid groups (broad SMARTS) is 1. The van der Waals surface area contributed by atoms with Crippen LogP contribution in [0.5, 0.6) is 0 Å². The van der Waals surface area contributed by atoms with E-state index in [4.69, 9.17) is 9.84 Å². The second-order valence-electron chi connectivity index (χ2n) is 3.92. The monoisotopic (exact) mass is 280 g/mol. The second kappa shape index (κ2) is 7.13. The number of rotatable bonds is 5. The minimum atomic E-state index is -1.15. The van der Waals surface area contributed by atoms with E-state index in [9.17, 15) is 14.4 Å². The van der Waals surface area contributed by atoms with Crippen molar-refractivity contribution in [1.29, 1.82) is 0 Å². The molecular weight excluding hydrogens is 264 g/mol. The topological polar surface area (TPSA) is 105 Å². The third kappa shape index (κ3) is 4.27. The van der Waals surface area contributed by atoms with Gasteiger partial charge in [-0.25, -0.2) is 9.59 Å². The van der Waals surface area contributed by atoms with Crippen LogP contribution >= 0.6 is 0 Å². The quantitative estimate of drug-likeness (QED) is 0.708. The summed E-state index contributed by atoms with van der Waals surface area (Å²) in [6.45, 7) is 3.23. The third-order valence-corrected chi connectivity index (χ3v) is 2.39. The van der Waals surface area contributed by atoms with Crippen molar-refractivity contribution in [2.24, 2.45) is 0 Å². The lowest BCUT2D eigenvalue weighted by atomic mass is 10.2. The largest absolute Gasteiger partial charge is 0.480 e. The molecule has 0 fully saturated rings. The lowest BCUT2D eigenvalue weighted by molar-refractivity contribution is -0.138. The van der Waals surface area contributed by atoms with Gasteiger partial charge in [-0.05, 0) is 26.0 Å². The number of aliphatic carboxylic acids is 1. The summed E-state index contributed by atoms with van der Waals surface area (Å²) >= 11 is 0. The van der Waals surface area contributed by atoms with E-state index in [1.165, 1.54) is 19.1 Å². The van der Waals surface area contributed by atoms with Crippen LogP contribution in [0.15, 0.2) is 24.3 Å². The molecule has 20 heavy (non-hydrogen) atoms. The molecule has 108 valence electrons. The first-order valence-corrected chi connectivity index (χ1v) is 6.02. The van der Waals surface area contributed by atoms with Crippen LogP contribution < -0.4 is 10.6 Å². The lowest BCUT2D eigenvalue weighted by Gasteiger charge is -2.13. The van der Waals surface area contributed by atoms with E-state index in [0.717, 1.165) is 0 Å². The van der Waals surface area contributed by atoms with Crippen LogP contribution in [-0.2, 0) is 9.53 Å². The molecule has 3 N–H and O–H groups in total. The molecule has 1 aromatic rings. The fourth-order valence-corrected chi connectivity index (χ4v) is 1.40. The Morgan fingerprint density at radius 2 is 1.95 bits per heavy atom. The number of ether oxygens (including phenoxy) is 1. The van der Waals surface area contributed by atoms with E-state index in [1.54, 1.807) is 19.1 Å². The Morgan fingerprint density at radius 3 is 2.55 bits per heavy atom. The summed E-state index contributed by atoms with van der Waals surface area (Å²) < 4.78 is 4.86. The van der Waals surface area contributed by atoms with Gasteiger partial charge in [0.05, 0.1) is 17.9 Å². The van der Waals surface area contributed by atoms with Crippen molar-refractivity contribution in [2.75, 3.05) is 11.9 Å². The van der Waals surface area contributed by atoms with Crippen LogP contribution in [0.1, 0.15) is 24.2 Å². The minimum absolute atomic E-state index is 0.201. The Hall–Kier alpha value is -2.57. The van der Waals surface area contributed by atoms with Gasteiger partial charge in [0.15, 0.2) is 0 Å². The maximum Gasteiger partial charge on any atom is 0.340 e. The molecule has 7 heteroatoms. The Bertz CT molecular complexity index is 515. The smallest absolute Gasteiger partial charge is 0.340 e. The first-order valence-electron chi connectivity index (χ1n) is 6.02. The molecule has 1 aromatic carbocycles. The zero-order valence-corrected chi connectivity index (χ0v) is 11.2. The number of hydrogen-bond acceptors (Lipinski definition) is 4. The molecule has 0 spiro atoms. The summed E-state index contributed by atoms with van der Waals surface area (Å²) in [6, 6.07) is 4.56. The number of anilines is 1. The van der Waals surface area contributed by atoms with Gasteiger partial charge in [-0.1, -0.05) is 12.1 Å². The van der Waals surface area contributed by atoms with E-state index < -0.39 is 24.0 Å². The van der Waals surface area contributed by atoms with Crippen LogP contribution in [0, 0.1) is 0 Å². The Labute approximate surface area is 115 Å². The van der Waals surface area contributed by atoms with E-state index in [-0.39, 0.29) is 17.9 Å². The molecule has 0 aromatic heterocycles. The second-order valence-corrected chi connectivity index (χ2v) is 3.92. The van der Waals surface area contributed by atoms with Crippen LogP contribution in [0.2, 0.25) is 0 Å². The molecule has 0 aliphatic heterocycles. The van der Waals surface area contributed by atoms with Gasteiger partial charge >= 0.3 is 18.0 Å². The van der Waals surface area contributed by atoms with Crippen LogP contribution in [0.4, 0.5) is 10.5 Å². The number of carboxylic acids is 1. The molecule has 0 bridgehead atoms. The molecule has 7 nitrogen and oxygen atoms in total. The van der Waals surface area contributed by atoms with Crippen molar-refractivity contribution in [3.05, 3.63) is 29.8 Å². The van der Waals surface area contributed by atoms with Crippen molar-refractivity contribution < 1.29 is 24.2 Å². The van der Waals surface area contributed by atoms with Crippen LogP contribution in [-0.4, -0.2) is 35.7 Å². The highest BCUT2D eigenvalue weighted by Crippen LogP contribution is 2.16. The van der Waals surface area contributed by atoms with Crippen LogP contribution in [0.25, 0.3) is 0 Å². The molecule has 2 amide bonds. The molecule has 0 saturated heterocycles. The van der Waals surface area contributed by atoms with Crippen molar-refractivity contribution in [3.63, 3.8) is 0 Å². The maximum absolute atomic E-state index is 11.7. The van der Waals surface area contributed by atoms with E-state index >= 15 is 0 Å². The van der Waals surface area contributed by atoms with Crippen LogP contribution in [0.3, 0.4) is 0 Å². The van der Waals surface area contributed by atoms with Crippen molar-refractivity contribution in [3.8, 4) is 0 Å². The molecule has 0 heterocycles. The number of carbonyl (C=O) groups excluding carboxylic acids is 2. The van der Waals surface area contributed by atoms with Gasteiger partial charge in [-0.15, -0.1) is 0 Å².